The van der Waals surface area contributed by atoms with Crippen molar-refractivity contribution in [2.45, 2.75) is 32.5 Å². The van der Waals surface area contributed by atoms with Crippen LogP contribution in [-0.4, -0.2) is 28.7 Å². The molecule has 1 aliphatic heterocycles. The van der Waals surface area contributed by atoms with Crippen molar-refractivity contribution in [3.63, 3.8) is 0 Å². The van der Waals surface area contributed by atoms with Crippen LogP contribution in [0.2, 0.25) is 0 Å². The van der Waals surface area contributed by atoms with Gasteiger partial charge in [-0.15, -0.1) is 0 Å². The third-order valence-corrected chi connectivity index (χ3v) is 2.43. The van der Waals surface area contributed by atoms with Crippen LogP contribution in [0.25, 0.3) is 0 Å². The van der Waals surface area contributed by atoms with Crippen LogP contribution in [0.1, 0.15) is 37.4 Å². The topological polar surface area (TPSA) is 90.0 Å². The number of nitrogens with one attached hydrogen (secondary N) is 1. The van der Waals surface area contributed by atoms with Crippen molar-refractivity contribution in [2.75, 3.05) is 6.61 Å². The van der Waals surface area contributed by atoms with E-state index < -0.39 is 6.29 Å². The van der Waals surface area contributed by atoms with Gasteiger partial charge in [-0.1, -0.05) is 0 Å². The highest BCUT2D eigenvalue weighted by Gasteiger charge is 2.07. The molecule has 1 aliphatic rings. The van der Waals surface area contributed by atoms with Gasteiger partial charge in [-0.2, -0.15) is 5.26 Å². The molecule has 0 bridgehead atoms. The standard InChI is InChI=1S/C8H7N3.C5H10O2/c1-6(10)8-4-7(5-9)2-3-11-8;6-5-3-1-2-4-7-5/h2-4,10H,1H3;5-6H,1-4H2. The molecule has 0 spiro atoms. The quantitative estimate of drug-likeness (QED) is 0.741. The van der Waals surface area contributed by atoms with Gasteiger partial charge in [0.2, 0.25) is 0 Å². The number of rotatable bonds is 1. The number of hydrogen-bond acceptors (Lipinski definition) is 5. The SMILES string of the molecule is CC(=N)c1cc(C#N)ccn1.OC1CCCCO1. The highest BCUT2D eigenvalue weighted by atomic mass is 16.6. The molecule has 96 valence electrons. The van der Waals surface area contributed by atoms with Crippen LogP contribution in [0.3, 0.4) is 0 Å². The minimum atomic E-state index is -0.464. The Bertz CT molecular complexity index is 434. The lowest BCUT2D eigenvalue weighted by Gasteiger charge is -2.16. The van der Waals surface area contributed by atoms with E-state index in [-0.39, 0.29) is 0 Å². The Morgan fingerprint density at radius 1 is 1.61 bits per heavy atom. The van der Waals surface area contributed by atoms with Crippen molar-refractivity contribution in [3.8, 4) is 6.07 Å². The summed E-state index contributed by atoms with van der Waals surface area (Å²) in [6.07, 6.45) is 4.11. The average molecular weight is 247 g/mol. The fourth-order valence-corrected chi connectivity index (χ4v) is 1.43. The molecular formula is C13H17N3O2. The zero-order valence-electron chi connectivity index (χ0n) is 10.4. The molecule has 0 saturated carbocycles. The molecule has 1 aromatic rings. The summed E-state index contributed by atoms with van der Waals surface area (Å²) in [7, 11) is 0. The highest BCUT2D eigenvalue weighted by Crippen LogP contribution is 2.08. The van der Waals surface area contributed by atoms with Crippen LogP contribution >= 0.6 is 0 Å². The van der Waals surface area contributed by atoms with E-state index in [1.54, 1.807) is 19.1 Å². The van der Waals surface area contributed by atoms with E-state index in [4.69, 9.17) is 20.5 Å². The monoisotopic (exact) mass is 247 g/mol. The predicted octanol–water partition coefficient (Wildman–Crippen LogP) is 1.85. The third-order valence-electron chi connectivity index (χ3n) is 2.43. The molecular weight excluding hydrogens is 230 g/mol. The molecule has 0 aliphatic carbocycles. The number of nitrogens with zero attached hydrogens (tertiary/aromatic N) is 2. The lowest BCUT2D eigenvalue weighted by Crippen LogP contribution is -2.17. The van der Waals surface area contributed by atoms with Gasteiger partial charge in [-0.25, -0.2) is 0 Å². The Kier molecular flexibility index (Phi) is 5.98. The number of ether oxygens (including phenoxy) is 1. The average Bonchev–Trinajstić information content (AvgIpc) is 2.40. The molecule has 2 rings (SSSR count). The van der Waals surface area contributed by atoms with Crippen molar-refractivity contribution in [2.24, 2.45) is 0 Å². The summed E-state index contributed by atoms with van der Waals surface area (Å²) in [6.45, 7) is 2.38. The van der Waals surface area contributed by atoms with Crippen molar-refractivity contribution >= 4 is 5.71 Å². The minimum absolute atomic E-state index is 0.377. The van der Waals surface area contributed by atoms with Gasteiger partial charge < -0.3 is 15.3 Å². The largest absolute Gasteiger partial charge is 0.368 e. The van der Waals surface area contributed by atoms with E-state index in [0.29, 0.717) is 17.0 Å². The Morgan fingerprint density at radius 2 is 2.39 bits per heavy atom. The van der Waals surface area contributed by atoms with Crippen molar-refractivity contribution in [1.29, 1.82) is 10.7 Å². The summed E-state index contributed by atoms with van der Waals surface area (Å²) in [5.41, 5.74) is 1.48. The molecule has 2 heterocycles. The van der Waals surface area contributed by atoms with E-state index in [9.17, 15) is 0 Å². The summed E-state index contributed by atoms with van der Waals surface area (Å²) in [4.78, 5) is 3.91. The van der Waals surface area contributed by atoms with Gasteiger partial charge in [0, 0.05) is 12.8 Å². The normalized spacial score (nSPS) is 18.2. The Balaban J connectivity index is 0.000000199. The maximum absolute atomic E-state index is 8.69. The lowest BCUT2D eigenvalue weighted by molar-refractivity contribution is -0.123. The minimum Gasteiger partial charge on any atom is -0.368 e. The van der Waals surface area contributed by atoms with Crippen LogP contribution in [0.15, 0.2) is 18.3 Å². The number of pyridine rings is 1. The van der Waals surface area contributed by atoms with Crippen LogP contribution in [0, 0.1) is 16.7 Å². The lowest BCUT2D eigenvalue weighted by atomic mass is 10.2. The summed E-state index contributed by atoms with van der Waals surface area (Å²) in [5.74, 6) is 0. The second-order valence-electron chi connectivity index (χ2n) is 3.99. The molecule has 18 heavy (non-hydrogen) atoms. The first-order chi connectivity index (χ1) is 8.63. The van der Waals surface area contributed by atoms with E-state index in [2.05, 4.69) is 4.98 Å². The van der Waals surface area contributed by atoms with Gasteiger partial charge in [0.15, 0.2) is 6.29 Å². The van der Waals surface area contributed by atoms with Gasteiger partial charge in [0.05, 0.1) is 23.0 Å². The molecule has 5 heteroatoms. The van der Waals surface area contributed by atoms with Gasteiger partial charge >= 0.3 is 0 Å². The first-order valence-corrected chi connectivity index (χ1v) is 5.85. The first-order valence-electron chi connectivity index (χ1n) is 5.85. The zero-order chi connectivity index (χ0) is 13.4. The molecule has 0 aromatic carbocycles. The number of aromatic nitrogens is 1. The second-order valence-corrected chi connectivity index (χ2v) is 3.99. The number of aliphatic hydroxyl groups excluding tert-OH is 1. The van der Waals surface area contributed by atoms with E-state index in [0.717, 1.165) is 25.9 Å². The van der Waals surface area contributed by atoms with E-state index >= 15 is 0 Å². The van der Waals surface area contributed by atoms with Crippen molar-refractivity contribution in [3.05, 3.63) is 29.6 Å². The molecule has 2 N–H and O–H groups in total. The number of aliphatic hydroxyl groups is 1. The smallest absolute Gasteiger partial charge is 0.154 e. The molecule has 0 radical (unpaired) electrons. The fraction of sp³-hybridized carbons (Fsp3) is 0.462. The molecule has 5 nitrogen and oxygen atoms in total. The number of hydrogen-bond donors (Lipinski definition) is 2. The van der Waals surface area contributed by atoms with Gasteiger partial charge in [-0.05, 0) is 38.3 Å². The molecule has 1 saturated heterocycles. The van der Waals surface area contributed by atoms with Crippen molar-refractivity contribution < 1.29 is 9.84 Å². The number of nitriles is 1. The van der Waals surface area contributed by atoms with E-state index in [1.165, 1.54) is 6.20 Å². The molecule has 1 aromatic heterocycles. The fourth-order valence-electron chi connectivity index (χ4n) is 1.43. The summed E-state index contributed by atoms with van der Waals surface area (Å²) in [6, 6.07) is 5.20. The summed E-state index contributed by atoms with van der Waals surface area (Å²) in [5, 5.41) is 24.4. The summed E-state index contributed by atoms with van der Waals surface area (Å²) >= 11 is 0. The zero-order valence-corrected chi connectivity index (χ0v) is 10.4. The molecule has 1 atom stereocenters. The maximum atomic E-state index is 8.69. The highest BCUT2D eigenvalue weighted by molar-refractivity contribution is 5.94. The van der Waals surface area contributed by atoms with Gasteiger partial charge in [-0.3, -0.25) is 4.98 Å². The Hall–Kier alpha value is -1.77. The van der Waals surface area contributed by atoms with E-state index in [1.807, 2.05) is 6.07 Å². The third kappa shape index (κ3) is 5.04. The molecule has 1 fully saturated rings. The van der Waals surface area contributed by atoms with Gasteiger partial charge in [0.25, 0.3) is 0 Å². The second kappa shape index (κ2) is 7.54. The van der Waals surface area contributed by atoms with Gasteiger partial charge in [0.1, 0.15) is 0 Å². The Labute approximate surface area is 107 Å². The van der Waals surface area contributed by atoms with Crippen molar-refractivity contribution in [1.82, 2.24) is 4.98 Å². The Morgan fingerprint density at radius 3 is 2.83 bits per heavy atom. The van der Waals surface area contributed by atoms with Crippen LogP contribution < -0.4 is 0 Å². The summed E-state index contributed by atoms with van der Waals surface area (Å²) < 4.78 is 4.83. The van der Waals surface area contributed by atoms with Crippen LogP contribution in [0.4, 0.5) is 0 Å². The molecule has 1 unspecified atom stereocenters. The maximum Gasteiger partial charge on any atom is 0.154 e. The first kappa shape index (κ1) is 14.3. The van der Waals surface area contributed by atoms with Crippen LogP contribution in [0.5, 0.6) is 0 Å². The molecule has 0 amide bonds. The predicted molar refractivity (Wildman–Crippen MR) is 67.3 cm³/mol. The van der Waals surface area contributed by atoms with Crippen LogP contribution in [-0.2, 0) is 4.74 Å².